The van der Waals surface area contributed by atoms with Crippen LogP contribution in [0.5, 0.6) is 0 Å². The van der Waals surface area contributed by atoms with Crippen LogP contribution in [0.3, 0.4) is 0 Å². The highest BCUT2D eigenvalue weighted by Crippen LogP contribution is 2.15. The summed E-state index contributed by atoms with van der Waals surface area (Å²) in [6.07, 6.45) is 3.28. The number of aromatic amines is 1. The molecule has 9 heteroatoms. The number of benzene rings is 1. The van der Waals surface area contributed by atoms with Crippen LogP contribution in [-0.2, 0) is 13.1 Å². The van der Waals surface area contributed by atoms with Gasteiger partial charge >= 0.3 is 5.69 Å². The maximum absolute atomic E-state index is 12.8. The highest BCUT2D eigenvalue weighted by atomic mass is 16.2. The second kappa shape index (κ2) is 7.34. The van der Waals surface area contributed by atoms with Gasteiger partial charge in [-0.2, -0.15) is 10.1 Å². The molecule has 0 bridgehead atoms. The van der Waals surface area contributed by atoms with Crippen LogP contribution < -0.4 is 16.1 Å². The maximum Gasteiger partial charge on any atom is 0.334 e. The molecular formula is C20H21N7O2. The summed E-state index contributed by atoms with van der Waals surface area (Å²) in [6, 6.07) is 8.75. The van der Waals surface area contributed by atoms with E-state index < -0.39 is 11.2 Å². The number of aryl methyl sites for hydroxylation is 1. The summed E-state index contributed by atoms with van der Waals surface area (Å²) in [5, 5.41) is 4.60. The van der Waals surface area contributed by atoms with E-state index in [9.17, 15) is 9.59 Å². The number of hydrogen-bond donors (Lipinski definition) is 1. The first-order valence-corrected chi connectivity index (χ1v) is 9.29. The molecule has 0 saturated carbocycles. The van der Waals surface area contributed by atoms with Crippen molar-refractivity contribution in [2.45, 2.75) is 26.9 Å². The molecule has 4 rings (SSSR count). The Balaban J connectivity index is 1.72. The minimum Gasteiger partial charge on any atom is -0.339 e. The number of aromatic nitrogens is 6. The Morgan fingerprint density at radius 2 is 1.90 bits per heavy atom. The van der Waals surface area contributed by atoms with Crippen molar-refractivity contribution in [1.29, 1.82) is 0 Å². The Hall–Kier alpha value is -3.75. The van der Waals surface area contributed by atoms with Crippen LogP contribution in [0.1, 0.15) is 18.2 Å². The number of para-hydroxylation sites is 1. The Labute approximate surface area is 166 Å². The molecule has 0 aliphatic rings. The lowest BCUT2D eigenvalue weighted by Crippen LogP contribution is -2.34. The molecule has 0 fully saturated rings. The van der Waals surface area contributed by atoms with Gasteiger partial charge in [0.15, 0.2) is 5.65 Å². The Bertz CT molecular complexity index is 1290. The molecule has 29 heavy (non-hydrogen) atoms. The zero-order valence-electron chi connectivity index (χ0n) is 16.5. The van der Waals surface area contributed by atoms with Gasteiger partial charge in [0.25, 0.3) is 5.56 Å². The molecular weight excluding hydrogens is 370 g/mol. The maximum atomic E-state index is 12.8. The number of fused-ring (bicyclic) bond motifs is 1. The molecule has 3 aromatic heterocycles. The van der Waals surface area contributed by atoms with E-state index >= 15 is 0 Å². The molecule has 0 spiro atoms. The third kappa shape index (κ3) is 3.31. The van der Waals surface area contributed by atoms with Gasteiger partial charge < -0.3 is 4.90 Å². The van der Waals surface area contributed by atoms with Gasteiger partial charge in [-0.3, -0.25) is 14.5 Å². The van der Waals surface area contributed by atoms with Crippen LogP contribution >= 0.6 is 0 Å². The van der Waals surface area contributed by atoms with E-state index in [0.717, 1.165) is 22.4 Å². The average molecular weight is 391 g/mol. The summed E-state index contributed by atoms with van der Waals surface area (Å²) in [5.74, 6) is 0.411. The van der Waals surface area contributed by atoms with Crippen molar-refractivity contribution < 1.29 is 0 Å². The minimum atomic E-state index is -0.541. The SMILES string of the molecule is CCn1ncc(CN(C)c2ncc3c(=O)n(-c4ccccc4)c(=O)[nH]c3n2)c1C. The summed E-state index contributed by atoms with van der Waals surface area (Å²) in [7, 11) is 1.85. The predicted molar refractivity (Wildman–Crippen MR) is 111 cm³/mol. The smallest absolute Gasteiger partial charge is 0.334 e. The predicted octanol–water partition coefficient (Wildman–Crippen LogP) is 1.63. The van der Waals surface area contributed by atoms with Gasteiger partial charge in [0.1, 0.15) is 5.39 Å². The summed E-state index contributed by atoms with van der Waals surface area (Å²) in [6.45, 7) is 5.42. The molecule has 0 radical (unpaired) electrons. The quantitative estimate of drug-likeness (QED) is 0.555. The summed E-state index contributed by atoms with van der Waals surface area (Å²) in [5.41, 5.74) is 1.85. The van der Waals surface area contributed by atoms with Gasteiger partial charge in [-0.1, -0.05) is 18.2 Å². The number of nitrogens with one attached hydrogen (secondary N) is 1. The highest BCUT2D eigenvalue weighted by Gasteiger charge is 2.15. The van der Waals surface area contributed by atoms with Crippen LogP contribution in [0.4, 0.5) is 5.95 Å². The van der Waals surface area contributed by atoms with E-state index in [-0.39, 0.29) is 11.0 Å². The standard InChI is InChI=1S/C20H21N7O2/c1-4-26-13(2)14(10-22-26)12-25(3)19-21-11-16-17(23-19)24-20(29)27(18(16)28)15-8-6-5-7-9-15/h5-11H,4,12H2,1-3H3,(H,21,23,24,29). The summed E-state index contributed by atoms with van der Waals surface area (Å²) in [4.78, 5) is 38.7. The van der Waals surface area contributed by atoms with Gasteiger partial charge in [0.05, 0.1) is 11.9 Å². The molecule has 0 aliphatic heterocycles. The van der Waals surface area contributed by atoms with Crippen LogP contribution in [0.25, 0.3) is 16.7 Å². The van der Waals surface area contributed by atoms with Crippen molar-refractivity contribution in [1.82, 2.24) is 29.3 Å². The van der Waals surface area contributed by atoms with Crippen LogP contribution in [0.15, 0.2) is 52.3 Å². The lowest BCUT2D eigenvalue weighted by atomic mass is 10.2. The molecule has 9 nitrogen and oxygen atoms in total. The van der Waals surface area contributed by atoms with Crippen molar-refractivity contribution in [3.05, 3.63) is 74.8 Å². The van der Waals surface area contributed by atoms with E-state index in [1.165, 1.54) is 6.20 Å². The van der Waals surface area contributed by atoms with Gasteiger partial charge in [-0.15, -0.1) is 0 Å². The second-order valence-corrected chi connectivity index (χ2v) is 6.77. The molecule has 0 saturated heterocycles. The third-order valence-corrected chi connectivity index (χ3v) is 4.91. The van der Waals surface area contributed by atoms with E-state index in [4.69, 9.17) is 0 Å². The Kier molecular flexibility index (Phi) is 4.71. The Morgan fingerprint density at radius 1 is 1.14 bits per heavy atom. The molecule has 1 aromatic carbocycles. The van der Waals surface area contributed by atoms with Gasteiger partial charge in [0, 0.05) is 37.6 Å². The number of hydrogen-bond acceptors (Lipinski definition) is 6. The molecule has 0 amide bonds. The van der Waals surface area contributed by atoms with Crippen LogP contribution in [0, 0.1) is 6.92 Å². The molecule has 148 valence electrons. The van der Waals surface area contributed by atoms with Gasteiger partial charge in [-0.05, 0) is 26.0 Å². The third-order valence-electron chi connectivity index (χ3n) is 4.91. The van der Waals surface area contributed by atoms with Crippen molar-refractivity contribution in [2.75, 3.05) is 11.9 Å². The van der Waals surface area contributed by atoms with Crippen molar-refractivity contribution in [3.63, 3.8) is 0 Å². The summed E-state index contributed by atoms with van der Waals surface area (Å²) >= 11 is 0. The van der Waals surface area contributed by atoms with E-state index in [2.05, 4.69) is 20.1 Å². The first-order valence-electron chi connectivity index (χ1n) is 9.29. The molecule has 1 N–H and O–H groups in total. The van der Waals surface area contributed by atoms with Crippen molar-refractivity contribution in [2.24, 2.45) is 0 Å². The van der Waals surface area contributed by atoms with Gasteiger partial charge in [0.2, 0.25) is 5.95 Å². The largest absolute Gasteiger partial charge is 0.339 e. The van der Waals surface area contributed by atoms with Crippen molar-refractivity contribution >= 4 is 17.0 Å². The zero-order valence-corrected chi connectivity index (χ0v) is 16.5. The topological polar surface area (TPSA) is 102 Å². The first kappa shape index (κ1) is 18.6. The zero-order chi connectivity index (χ0) is 20.5. The van der Waals surface area contributed by atoms with E-state index in [1.807, 2.05) is 42.7 Å². The molecule has 0 aliphatic carbocycles. The second-order valence-electron chi connectivity index (χ2n) is 6.77. The van der Waals surface area contributed by atoms with Gasteiger partial charge in [-0.25, -0.2) is 14.3 Å². The molecule has 4 aromatic rings. The molecule has 0 unspecified atom stereocenters. The van der Waals surface area contributed by atoms with E-state index in [1.54, 1.807) is 24.3 Å². The number of H-pyrrole nitrogens is 1. The average Bonchev–Trinajstić information content (AvgIpc) is 3.07. The molecule has 0 atom stereocenters. The number of anilines is 1. The van der Waals surface area contributed by atoms with E-state index in [0.29, 0.717) is 18.2 Å². The van der Waals surface area contributed by atoms with Crippen molar-refractivity contribution in [3.8, 4) is 5.69 Å². The summed E-state index contributed by atoms with van der Waals surface area (Å²) < 4.78 is 3.01. The molecule has 3 heterocycles. The lowest BCUT2D eigenvalue weighted by molar-refractivity contribution is 0.638. The lowest BCUT2D eigenvalue weighted by Gasteiger charge is -2.17. The minimum absolute atomic E-state index is 0.213. The number of nitrogens with zero attached hydrogens (tertiary/aromatic N) is 6. The fourth-order valence-corrected chi connectivity index (χ4v) is 3.28. The first-order chi connectivity index (χ1) is 14.0. The van der Waals surface area contributed by atoms with Crippen LogP contribution in [-0.4, -0.2) is 36.3 Å². The normalized spacial score (nSPS) is 11.1. The number of rotatable bonds is 5. The monoisotopic (exact) mass is 391 g/mol. The fourth-order valence-electron chi connectivity index (χ4n) is 3.28. The van der Waals surface area contributed by atoms with Crippen LogP contribution in [0.2, 0.25) is 0 Å². The Morgan fingerprint density at radius 3 is 2.59 bits per heavy atom. The fraction of sp³-hybridized carbons (Fsp3) is 0.250. The highest BCUT2D eigenvalue weighted by molar-refractivity contribution is 5.73.